The zero-order chi connectivity index (χ0) is 17.8. The van der Waals surface area contributed by atoms with Crippen molar-refractivity contribution in [2.24, 2.45) is 5.41 Å². The Morgan fingerprint density at radius 2 is 1.58 bits per heavy atom. The minimum Gasteiger partial charge on any atom is -0.406 e. The molecule has 1 heterocycles. The van der Waals surface area contributed by atoms with Crippen molar-refractivity contribution in [3.63, 3.8) is 0 Å². The molecule has 0 saturated heterocycles. The maximum atomic E-state index is 12.2. The average molecular weight is 340 g/mol. The van der Waals surface area contributed by atoms with Crippen LogP contribution >= 0.6 is 0 Å². The van der Waals surface area contributed by atoms with Crippen LogP contribution < -0.4 is 4.74 Å². The largest absolute Gasteiger partial charge is 0.573 e. The van der Waals surface area contributed by atoms with Crippen molar-refractivity contribution >= 4 is 0 Å². The monoisotopic (exact) mass is 340 g/mol. The Bertz CT molecular complexity index is 638. The molecule has 1 atom stereocenters. The van der Waals surface area contributed by atoms with Crippen molar-refractivity contribution in [1.29, 1.82) is 0 Å². The molecule has 0 radical (unpaired) electrons. The minimum atomic E-state index is -4.69. The highest BCUT2D eigenvalue weighted by Crippen LogP contribution is 2.36. The van der Waals surface area contributed by atoms with Crippen LogP contribution in [0.3, 0.4) is 0 Å². The van der Waals surface area contributed by atoms with Gasteiger partial charge in [0.25, 0.3) is 0 Å². The van der Waals surface area contributed by atoms with E-state index in [1.165, 1.54) is 18.5 Å². The van der Waals surface area contributed by atoms with Crippen molar-refractivity contribution in [2.45, 2.75) is 39.8 Å². The molecule has 7 heteroatoms. The molecule has 1 unspecified atom stereocenters. The van der Waals surface area contributed by atoms with E-state index in [9.17, 15) is 13.2 Å². The zero-order valence-corrected chi connectivity index (χ0v) is 13.7. The highest BCUT2D eigenvalue weighted by molar-refractivity contribution is 5.27. The average Bonchev–Trinajstić information content (AvgIpc) is 2.47. The first-order valence-electron chi connectivity index (χ1n) is 7.36. The number of rotatable bonds is 5. The maximum Gasteiger partial charge on any atom is 0.573 e. The Kier molecular flexibility index (Phi) is 5.43. The molecule has 0 amide bonds. The minimum absolute atomic E-state index is 0.190. The van der Waals surface area contributed by atoms with Gasteiger partial charge < -0.3 is 9.47 Å². The van der Waals surface area contributed by atoms with Crippen LogP contribution in [0.4, 0.5) is 13.2 Å². The Balaban J connectivity index is 2.04. The van der Waals surface area contributed by atoms with Crippen molar-refractivity contribution < 1.29 is 22.6 Å². The van der Waals surface area contributed by atoms with Crippen LogP contribution in [0.5, 0.6) is 5.75 Å². The molecule has 1 aromatic carbocycles. The Labute approximate surface area is 138 Å². The predicted molar refractivity (Wildman–Crippen MR) is 82.1 cm³/mol. The Hall–Kier alpha value is -2.15. The van der Waals surface area contributed by atoms with E-state index in [1.54, 1.807) is 24.5 Å². The number of aromatic nitrogens is 2. The highest BCUT2D eigenvalue weighted by Gasteiger charge is 2.31. The van der Waals surface area contributed by atoms with E-state index in [4.69, 9.17) is 4.74 Å². The topological polar surface area (TPSA) is 44.2 Å². The smallest absolute Gasteiger partial charge is 0.406 e. The summed E-state index contributed by atoms with van der Waals surface area (Å²) in [6.45, 7) is 6.35. The number of benzene rings is 1. The van der Waals surface area contributed by atoms with Gasteiger partial charge in [-0.15, -0.1) is 13.2 Å². The molecule has 0 fully saturated rings. The van der Waals surface area contributed by atoms with Crippen LogP contribution in [-0.2, 0) is 11.3 Å². The molecular weight excluding hydrogens is 321 g/mol. The molecule has 4 nitrogen and oxygen atoms in total. The molecular formula is C17H19F3N2O2. The van der Waals surface area contributed by atoms with E-state index in [-0.39, 0.29) is 23.9 Å². The lowest BCUT2D eigenvalue weighted by molar-refractivity contribution is -0.274. The third-order valence-electron chi connectivity index (χ3n) is 3.24. The van der Waals surface area contributed by atoms with Gasteiger partial charge in [-0.25, -0.2) is 9.97 Å². The van der Waals surface area contributed by atoms with Crippen LogP contribution in [0.1, 0.15) is 38.0 Å². The lowest BCUT2D eigenvalue weighted by Gasteiger charge is -2.30. The SMILES string of the molecule is CC(C)(C)C(OCc1ccc(OC(F)(F)F)cc1)c1cncnc1. The summed E-state index contributed by atoms with van der Waals surface area (Å²) in [7, 11) is 0. The van der Waals surface area contributed by atoms with Gasteiger partial charge in [-0.1, -0.05) is 32.9 Å². The zero-order valence-electron chi connectivity index (χ0n) is 13.7. The van der Waals surface area contributed by atoms with Crippen molar-refractivity contribution in [3.8, 4) is 5.75 Å². The first-order chi connectivity index (χ1) is 11.1. The molecule has 0 aliphatic heterocycles. The van der Waals surface area contributed by atoms with Crippen LogP contribution in [0, 0.1) is 5.41 Å². The summed E-state index contributed by atoms with van der Waals surface area (Å²) in [5.74, 6) is -0.255. The van der Waals surface area contributed by atoms with Gasteiger partial charge >= 0.3 is 6.36 Å². The van der Waals surface area contributed by atoms with Gasteiger partial charge in [0.1, 0.15) is 12.1 Å². The van der Waals surface area contributed by atoms with E-state index in [2.05, 4.69) is 14.7 Å². The summed E-state index contributed by atoms with van der Waals surface area (Å²) < 4.78 is 46.3. The molecule has 0 saturated carbocycles. The van der Waals surface area contributed by atoms with E-state index in [0.717, 1.165) is 11.1 Å². The fraction of sp³-hybridized carbons (Fsp3) is 0.412. The number of alkyl halides is 3. The molecule has 0 spiro atoms. The molecule has 0 N–H and O–H groups in total. The lowest BCUT2D eigenvalue weighted by Crippen LogP contribution is -2.21. The molecule has 1 aromatic heterocycles. The number of hydrogen-bond acceptors (Lipinski definition) is 4. The van der Waals surface area contributed by atoms with Crippen LogP contribution in [0.25, 0.3) is 0 Å². The van der Waals surface area contributed by atoms with Crippen molar-refractivity contribution in [1.82, 2.24) is 9.97 Å². The second-order valence-corrected chi connectivity index (χ2v) is 6.42. The second-order valence-electron chi connectivity index (χ2n) is 6.42. The summed E-state index contributed by atoms with van der Waals surface area (Å²) in [6.07, 6.45) is -0.0951. The van der Waals surface area contributed by atoms with Gasteiger partial charge in [-0.05, 0) is 23.1 Å². The van der Waals surface area contributed by atoms with Crippen LogP contribution in [0.2, 0.25) is 0 Å². The normalized spacial score (nSPS) is 13.6. The second kappa shape index (κ2) is 7.17. The molecule has 2 rings (SSSR count). The van der Waals surface area contributed by atoms with Crippen molar-refractivity contribution in [2.75, 3.05) is 0 Å². The molecule has 0 bridgehead atoms. The number of ether oxygens (including phenoxy) is 2. The van der Waals surface area contributed by atoms with Gasteiger partial charge in [-0.3, -0.25) is 0 Å². The predicted octanol–water partition coefficient (Wildman–Crippen LogP) is 4.68. The summed E-state index contributed by atoms with van der Waals surface area (Å²) in [5.41, 5.74) is 1.40. The summed E-state index contributed by atoms with van der Waals surface area (Å²) >= 11 is 0. The van der Waals surface area contributed by atoms with Crippen LogP contribution in [-0.4, -0.2) is 16.3 Å². The lowest BCUT2D eigenvalue weighted by atomic mass is 9.85. The standard InChI is InChI=1S/C17H19F3N2O2/c1-16(2,3)15(13-8-21-11-22-9-13)23-10-12-4-6-14(7-5-12)24-17(18,19)20/h4-9,11,15H,10H2,1-3H3. The van der Waals surface area contributed by atoms with Crippen LogP contribution in [0.15, 0.2) is 43.0 Å². The molecule has 130 valence electrons. The van der Waals surface area contributed by atoms with Gasteiger partial charge in [-0.2, -0.15) is 0 Å². The Morgan fingerprint density at radius 3 is 2.08 bits per heavy atom. The third-order valence-corrected chi connectivity index (χ3v) is 3.24. The van der Waals surface area contributed by atoms with E-state index in [0.29, 0.717) is 0 Å². The summed E-state index contributed by atoms with van der Waals surface area (Å²) in [5, 5.41) is 0. The molecule has 0 aliphatic rings. The van der Waals surface area contributed by atoms with E-state index in [1.807, 2.05) is 20.8 Å². The fourth-order valence-electron chi connectivity index (χ4n) is 2.26. The maximum absolute atomic E-state index is 12.2. The molecule has 24 heavy (non-hydrogen) atoms. The molecule has 0 aliphatic carbocycles. The van der Waals surface area contributed by atoms with Gasteiger partial charge in [0, 0.05) is 18.0 Å². The Morgan fingerprint density at radius 1 is 1.00 bits per heavy atom. The first-order valence-corrected chi connectivity index (χ1v) is 7.36. The van der Waals surface area contributed by atoms with Crippen molar-refractivity contribution in [3.05, 3.63) is 54.1 Å². The highest BCUT2D eigenvalue weighted by atomic mass is 19.4. The first kappa shape index (κ1) is 18.2. The summed E-state index contributed by atoms with van der Waals surface area (Å²) in [6, 6.07) is 5.62. The summed E-state index contributed by atoms with van der Waals surface area (Å²) in [4.78, 5) is 8.01. The van der Waals surface area contributed by atoms with Gasteiger partial charge in [0.2, 0.25) is 0 Å². The number of hydrogen-bond donors (Lipinski definition) is 0. The fourth-order valence-corrected chi connectivity index (χ4v) is 2.26. The van der Waals surface area contributed by atoms with Gasteiger partial charge in [0.05, 0.1) is 12.7 Å². The quantitative estimate of drug-likeness (QED) is 0.793. The van der Waals surface area contributed by atoms with E-state index < -0.39 is 6.36 Å². The van der Waals surface area contributed by atoms with E-state index >= 15 is 0 Å². The number of halogens is 3. The number of nitrogens with zero attached hydrogens (tertiary/aromatic N) is 2. The van der Waals surface area contributed by atoms with Gasteiger partial charge in [0.15, 0.2) is 0 Å². The third kappa shape index (κ3) is 5.49. The molecule has 2 aromatic rings.